The van der Waals surface area contributed by atoms with Crippen molar-refractivity contribution in [2.75, 3.05) is 13.2 Å². The summed E-state index contributed by atoms with van der Waals surface area (Å²) in [6.45, 7) is 5.57. The van der Waals surface area contributed by atoms with Crippen LogP contribution in [0.15, 0.2) is 18.2 Å². The van der Waals surface area contributed by atoms with Gasteiger partial charge in [-0.1, -0.05) is 13.0 Å². The van der Waals surface area contributed by atoms with Crippen molar-refractivity contribution >= 4 is 0 Å². The predicted octanol–water partition coefficient (Wildman–Crippen LogP) is 3.29. The summed E-state index contributed by atoms with van der Waals surface area (Å²) < 4.78 is 19.1. The molecule has 1 aromatic carbocycles. The molecule has 1 saturated carbocycles. The molecule has 18 heavy (non-hydrogen) atoms. The molecule has 0 spiro atoms. The van der Waals surface area contributed by atoms with Crippen molar-refractivity contribution in [1.29, 1.82) is 0 Å². The lowest BCUT2D eigenvalue weighted by molar-refractivity contribution is 0.248. The molecule has 0 radical (unpaired) electrons. The molecule has 0 bridgehead atoms. The maximum atomic E-state index is 13.4. The highest BCUT2D eigenvalue weighted by atomic mass is 19.1. The molecular formula is C15H22FNO. The van der Waals surface area contributed by atoms with Gasteiger partial charge in [-0.15, -0.1) is 0 Å². The summed E-state index contributed by atoms with van der Waals surface area (Å²) in [4.78, 5) is 0. The third kappa shape index (κ3) is 3.70. The molecule has 2 nitrogen and oxygen atoms in total. The van der Waals surface area contributed by atoms with Gasteiger partial charge in [-0.2, -0.15) is 0 Å². The smallest absolute Gasteiger partial charge is 0.129 e. The van der Waals surface area contributed by atoms with Crippen LogP contribution >= 0.6 is 0 Å². The maximum absolute atomic E-state index is 13.4. The first kappa shape index (κ1) is 13.3. The maximum Gasteiger partial charge on any atom is 0.129 e. The Morgan fingerprint density at radius 3 is 2.83 bits per heavy atom. The molecule has 1 aromatic rings. The van der Waals surface area contributed by atoms with Crippen molar-refractivity contribution in [2.45, 2.75) is 39.2 Å². The van der Waals surface area contributed by atoms with Crippen LogP contribution in [0.1, 0.15) is 31.7 Å². The molecule has 100 valence electrons. The van der Waals surface area contributed by atoms with E-state index in [0.29, 0.717) is 24.0 Å². The van der Waals surface area contributed by atoms with E-state index in [0.717, 1.165) is 18.9 Å². The highest BCUT2D eigenvalue weighted by molar-refractivity contribution is 5.28. The van der Waals surface area contributed by atoms with Gasteiger partial charge in [0.05, 0.1) is 0 Å². The topological polar surface area (TPSA) is 21.3 Å². The molecular weight excluding hydrogens is 229 g/mol. The normalized spacial score (nSPS) is 16.6. The molecule has 0 heterocycles. The van der Waals surface area contributed by atoms with E-state index in [1.165, 1.54) is 18.9 Å². The number of halogens is 1. The van der Waals surface area contributed by atoms with Crippen LogP contribution in [0.4, 0.5) is 4.39 Å². The molecule has 1 aliphatic carbocycles. The van der Waals surface area contributed by atoms with E-state index < -0.39 is 0 Å². The number of hydrogen-bond donors (Lipinski definition) is 1. The van der Waals surface area contributed by atoms with Crippen molar-refractivity contribution in [3.05, 3.63) is 29.6 Å². The average Bonchev–Trinajstić information content (AvgIpc) is 3.18. The number of nitrogens with one attached hydrogen (secondary N) is 1. The fourth-order valence-electron chi connectivity index (χ4n) is 2.04. The highest BCUT2D eigenvalue weighted by Crippen LogP contribution is 2.33. The lowest BCUT2D eigenvalue weighted by atomic mass is 10.2. The monoisotopic (exact) mass is 251 g/mol. The molecule has 0 aliphatic heterocycles. The molecule has 1 atom stereocenters. The van der Waals surface area contributed by atoms with Gasteiger partial charge in [-0.25, -0.2) is 4.39 Å². The van der Waals surface area contributed by atoms with E-state index in [9.17, 15) is 4.39 Å². The molecule has 0 saturated heterocycles. The van der Waals surface area contributed by atoms with E-state index in [-0.39, 0.29) is 5.82 Å². The van der Waals surface area contributed by atoms with Gasteiger partial charge >= 0.3 is 0 Å². The zero-order valence-corrected chi connectivity index (χ0v) is 11.2. The van der Waals surface area contributed by atoms with Gasteiger partial charge in [0, 0.05) is 12.1 Å². The molecule has 0 amide bonds. The van der Waals surface area contributed by atoms with Gasteiger partial charge in [-0.05, 0) is 50.3 Å². The summed E-state index contributed by atoms with van der Waals surface area (Å²) >= 11 is 0. The van der Waals surface area contributed by atoms with Gasteiger partial charge in [0.2, 0.25) is 0 Å². The Kier molecular flexibility index (Phi) is 4.59. The van der Waals surface area contributed by atoms with Gasteiger partial charge in [-0.3, -0.25) is 0 Å². The van der Waals surface area contributed by atoms with E-state index in [2.05, 4.69) is 12.2 Å². The van der Waals surface area contributed by atoms with Crippen LogP contribution in [0, 0.1) is 18.7 Å². The minimum atomic E-state index is -0.197. The zero-order valence-electron chi connectivity index (χ0n) is 11.2. The van der Waals surface area contributed by atoms with Crippen molar-refractivity contribution in [3.63, 3.8) is 0 Å². The number of hydrogen-bond acceptors (Lipinski definition) is 2. The van der Waals surface area contributed by atoms with Crippen molar-refractivity contribution in [2.24, 2.45) is 5.92 Å². The number of aryl methyl sites for hydroxylation is 1. The van der Waals surface area contributed by atoms with E-state index in [1.807, 2.05) is 6.07 Å². The number of ether oxygens (including phenoxy) is 1. The first-order valence-corrected chi connectivity index (χ1v) is 6.83. The van der Waals surface area contributed by atoms with Crippen molar-refractivity contribution < 1.29 is 9.13 Å². The van der Waals surface area contributed by atoms with Crippen molar-refractivity contribution in [1.82, 2.24) is 5.32 Å². The van der Waals surface area contributed by atoms with Crippen LogP contribution in [0.2, 0.25) is 0 Å². The quantitative estimate of drug-likeness (QED) is 0.803. The first-order valence-electron chi connectivity index (χ1n) is 6.83. The van der Waals surface area contributed by atoms with Gasteiger partial charge in [0.15, 0.2) is 0 Å². The van der Waals surface area contributed by atoms with Crippen molar-refractivity contribution in [3.8, 4) is 5.75 Å². The Hall–Kier alpha value is -1.09. The SMILES string of the molecule is CCCNC(COc1ccc(C)c(F)c1)C1CC1. The molecule has 1 aliphatic rings. The average molecular weight is 251 g/mol. The van der Waals surface area contributed by atoms with Crippen LogP contribution in [0.3, 0.4) is 0 Å². The number of rotatable bonds is 7. The third-order valence-corrected chi connectivity index (χ3v) is 3.42. The van der Waals surface area contributed by atoms with Crippen LogP contribution < -0.4 is 10.1 Å². The highest BCUT2D eigenvalue weighted by Gasteiger charge is 2.31. The van der Waals surface area contributed by atoms with Crippen LogP contribution in [0.5, 0.6) is 5.75 Å². The molecule has 2 rings (SSSR count). The van der Waals surface area contributed by atoms with E-state index in [1.54, 1.807) is 13.0 Å². The predicted molar refractivity (Wildman–Crippen MR) is 71.4 cm³/mol. The Bertz CT molecular complexity index is 390. The minimum Gasteiger partial charge on any atom is -0.492 e. The van der Waals surface area contributed by atoms with Gasteiger partial charge in [0.25, 0.3) is 0 Å². The molecule has 1 N–H and O–H groups in total. The standard InChI is InChI=1S/C15H22FNO/c1-3-8-17-15(12-5-6-12)10-18-13-7-4-11(2)14(16)9-13/h4,7,9,12,15,17H,3,5-6,8,10H2,1-2H3. The molecule has 3 heteroatoms. The molecule has 0 aromatic heterocycles. The summed E-state index contributed by atoms with van der Waals surface area (Å²) in [6, 6.07) is 5.48. The Labute approximate surface area is 109 Å². The second kappa shape index (κ2) is 6.19. The summed E-state index contributed by atoms with van der Waals surface area (Å²) in [6.07, 6.45) is 3.70. The fraction of sp³-hybridized carbons (Fsp3) is 0.600. The van der Waals surface area contributed by atoms with Crippen LogP contribution in [0.25, 0.3) is 0 Å². The first-order chi connectivity index (χ1) is 8.70. The van der Waals surface area contributed by atoms with E-state index >= 15 is 0 Å². The Balaban J connectivity index is 1.86. The lowest BCUT2D eigenvalue weighted by Crippen LogP contribution is -2.37. The minimum absolute atomic E-state index is 0.197. The van der Waals surface area contributed by atoms with Crippen LogP contribution in [-0.2, 0) is 0 Å². The third-order valence-electron chi connectivity index (χ3n) is 3.42. The Morgan fingerprint density at radius 2 is 2.22 bits per heavy atom. The summed E-state index contributed by atoms with van der Waals surface area (Å²) in [5.41, 5.74) is 0.658. The summed E-state index contributed by atoms with van der Waals surface area (Å²) in [5.74, 6) is 1.17. The van der Waals surface area contributed by atoms with Gasteiger partial charge in [0.1, 0.15) is 18.2 Å². The number of benzene rings is 1. The van der Waals surface area contributed by atoms with Crippen LogP contribution in [-0.4, -0.2) is 19.2 Å². The molecule has 1 fully saturated rings. The summed E-state index contributed by atoms with van der Waals surface area (Å²) in [7, 11) is 0. The van der Waals surface area contributed by atoms with Gasteiger partial charge < -0.3 is 10.1 Å². The second-order valence-electron chi connectivity index (χ2n) is 5.12. The largest absolute Gasteiger partial charge is 0.492 e. The second-order valence-corrected chi connectivity index (χ2v) is 5.12. The molecule has 1 unspecified atom stereocenters. The zero-order chi connectivity index (χ0) is 13.0. The Morgan fingerprint density at radius 1 is 1.44 bits per heavy atom. The lowest BCUT2D eigenvalue weighted by Gasteiger charge is -2.18. The summed E-state index contributed by atoms with van der Waals surface area (Å²) in [5, 5.41) is 3.51. The fourth-order valence-corrected chi connectivity index (χ4v) is 2.04. The van der Waals surface area contributed by atoms with E-state index in [4.69, 9.17) is 4.74 Å².